The molecule has 0 fully saturated rings. The van der Waals surface area contributed by atoms with Gasteiger partial charge in [0.2, 0.25) is 0 Å². The van der Waals surface area contributed by atoms with Crippen molar-refractivity contribution < 1.29 is 14.3 Å². The average Bonchev–Trinajstić information content (AvgIpc) is 2.60. The van der Waals surface area contributed by atoms with Gasteiger partial charge >= 0.3 is 0 Å². The Hall–Kier alpha value is -2.55. The number of carbonyl (C=O) groups is 1. The Kier molecular flexibility index (Phi) is 4.89. The Morgan fingerprint density at radius 2 is 1.22 bits per heavy atom. The highest BCUT2D eigenvalue weighted by Gasteiger charge is 2.32. The maximum absolute atomic E-state index is 12.9. The van der Waals surface area contributed by atoms with Gasteiger partial charge in [-0.3, -0.25) is 4.79 Å². The van der Waals surface area contributed by atoms with Crippen molar-refractivity contribution in [3.8, 4) is 11.5 Å². The molecule has 0 saturated heterocycles. The summed E-state index contributed by atoms with van der Waals surface area (Å²) >= 11 is 0. The molecule has 23 heavy (non-hydrogen) atoms. The fourth-order valence-corrected chi connectivity index (χ4v) is 2.39. The lowest BCUT2D eigenvalue weighted by Gasteiger charge is -2.26. The van der Waals surface area contributed by atoms with Gasteiger partial charge in [0.05, 0.1) is 19.6 Å². The lowest BCUT2D eigenvalue weighted by Crippen LogP contribution is -2.25. The summed E-state index contributed by atoms with van der Waals surface area (Å²) in [5.74, 6) is 1.54. The maximum Gasteiger partial charge on any atom is 0.172 e. The highest BCUT2D eigenvalue weighted by Crippen LogP contribution is 2.37. The van der Waals surface area contributed by atoms with Gasteiger partial charge in [-0.05, 0) is 61.4 Å². The summed E-state index contributed by atoms with van der Waals surface area (Å²) in [6.45, 7) is 7.94. The van der Waals surface area contributed by atoms with E-state index in [2.05, 4.69) is 6.58 Å². The molecule has 2 aromatic carbocycles. The zero-order chi connectivity index (χ0) is 17.0. The van der Waals surface area contributed by atoms with Gasteiger partial charge in [0.1, 0.15) is 11.5 Å². The van der Waals surface area contributed by atoms with Gasteiger partial charge < -0.3 is 9.47 Å². The summed E-state index contributed by atoms with van der Waals surface area (Å²) in [5, 5.41) is 0. The molecular formula is C20H22O3. The Bertz CT molecular complexity index is 633. The molecule has 3 nitrogen and oxygen atoms in total. The van der Waals surface area contributed by atoms with Crippen molar-refractivity contribution in [2.24, 2.45) is 5.41 Å². The minimum atomic E-state index is -0.705. The summed E-state index contributed by atoms with van der Waals surface area (Å²) in [5.41, 5.74) is 1.65. The van der Waals surface area contributed by atoms with E-state index in [-0.39, 0.29) is 5.78 Å². The van der Waals surface area contributed by atoms with E-state index in [0.29, 0.717) is 5.56 Å². The van der Waals surface area contributed by atoms with Crippen LogP contribution in [0, 0.1) is 5.41 Å². The number of carbonyl (C=O) groups excluding carboxylic acids is 1. The van der Waals surface area contributed by atoms with E-state index in [1.54, 1.807) is 38.5 Å². The number of methoxy groups -OCH3 is 2. The molecule has 0 heterocycles. The number of hydrogen-bond donors (Lipinski definition) is 0. The fraction of sp³-hybridized carbons (Fsp3) is 0.250. The van der Waals surface area contributed by atoms with E-state index in [1.807, 2.05) is 38.1 Å². The molecule has 0 bridgehead atoms. The molecule has 0 amide bonds. The van der Waals surface area contributed by atoms with Crippen LogP contribution in [-0.2, 0) is 0 Å². The van der Waals surface area contributed by atoms with Gasteiger partial charge in [-0.2, -0.15) is 0 Å². The topological polar surface area (TPSA) is 35.5 Å². The normalized spacial score (nSPS) is 11.0. The van der Waals surface area contributed by atoms with Gasteiger partial charge in [-0.15, -0.1) is 0 Å². The standard InChI is InChI=1S/C20H22O3/c1-14(15-6-10-17(22-4)11-7-15)20(2,3)19(21)16-8-12-18(23-5)13-9-16/h6-13H,1H2,2-5H3. The Balaban J connectivity index is 2.27. The smallest absolute Gasteiger partial charge is 0.172 e. The van der Waals surface area contributed by atoms with Crippen LogP contribution in [0.15, 0.2) is 55.1 Å². The summed E-state index contributed by atoms with van der Waals surface area (Å²) in [6.07, 6.45) is 0. The first-order valence-electron chi connectivity index (χ1n) is 7.43. The minimum Gasteiger partial charge on any atom is -0.497 e. The van der Waals surface area contributed by atoms with E-state index in [0.717, 1.165) is 22.6 Å². The molecule has 0 saturated carbocycles. The monoisotopic (exact) mass is 310 g/mol. The summed E-state index contributed by atoms with van der Waals surface area (Å²) in [7, 11) is 3.23. The Labute approximate surface area is 137 Å². The molecule has 0 aliphatic heterocycles. The molecule has 3 heteroatoms. The first-order valence-corrected chi connectivity index (χ1v) is 7.43. The van der Waals surface area contributed by atoms with Crippen LogP contribution >= 0.6 is 0 Å². The lowest BCUT2D eigenvalue weighted by molar-refractivity contribution is 0.0894. The molecule has 0 radical (unpaired) electrons. The number of allylic oxidation sites excluding steroid dienone is 1. The second-order valence-electron chi connectivity index (χ2n) is 5.89. The summed E-state index contributed by atoms with van der Waals surface area (Å²) < 4.78 is 10.3. The van der Waals surface area contributed by atoms with E-state index in [4.69, 9.17) is 9.47 Å². The Morgan fingerprint density at radius 1 is 0.826 bits per heavy atom. The van der Waals surface area contributed by atoms with Gasteiger partial charge in [-0.1, -0.05) is 18.7 Å². The van der Waals surface area contributed by atoms with E-state index >= 15 is 0 Å². The molecular weight excluding hydrogens is 288 g/mol. The molecule has 0 aliphatic carbocycles. The number of ether oxygens (including phenoxy) is 2. The maximum atomic E-state index is 12.9. The van der Waals surface area contributed by atoms with Crippen molar-refractivity contribution >= 4 is 11.4 Å². The number of hydrogen-bond acceptors (Lipinski definition) is 3. The van der Waals surface area contributed by atoms with Crippen molar-refractivity contribution in [1.82, 2.24) is 0 Å². The zero-order valence-electron chi connectivity index (χ0n) is 14.1. The van der Waals surface area contributed by atoms with Crippen LogP contribution in [0.2, 0.25) is 0 Å². The molecule has 2 rings (SSSR count). The SMILES string of the molecule is C=C(c1ccc(OC)cc1)C(C)(C)C(=O)c1ccc(OC)cc1. The number of benzene rings is 2. The molecule has 0 aromatic heterocycles. The van der Waals surface area contributed by atoms with Crippen LogP contribution in [0.4, 0.5) is 0 Å². The predicted octanol–water partition coefficient (Wildman–Crippen LogP) is 4.63. The van der Waals surface area contributed by atoms with Crippen LogP contribution in [0.3, 0.4) is 0 Å². The molecule has 0 aliphatic rings. The highest BCUT2D eigenvalue weighted by molar-refractivity contribution is 6.07. The third-order valence-electron chi connectivity index (χ3n) is 4.11. The lowest BCUT2D eigenvalue weighted by atomic mass is 9.75. The van der Waals surface area contributed by atoms with E-state index < -0.39 is 5.41 Å². The van der Waals surface area contributed by atoms with Crippen LogP contribution < -0.4 is 9.47 Å². The molecule has 0 spiro atoms. The van der Waals surface area contributed by atoms with E-state index in [9.17, 15) is 4.79 Å². The van der Waals surface area contributed by atoms with Crippen LogP contribution in [0.5, 0.6) is 11.5 Å². The van der Waals surface area contributed by atoms with Gasteiger partial charge in [0.15, 0.2) is 5.78 Å². The van der Waals surface area contributed by atoms with Crippen molar-refractivity contribution in [1.29, 1.82) is 0 Å². The van der Waals surface area contributed by atoms with Crippen molar-refractivity contribution in [3.05, 3.63) is 66.2 Å². The molecule has 0 N–H and O–H groups in total. The number of Topliss-reactive ketones (excluding diaryl/α,β-unsaturated/α-hetero) is 1. The molecule has 0 atom stereocenters. The largest absolute Gasteiger partial charge is 0.497 e. The first-order chi connectivity index (χ1) is 10.9. The predicted molar refractivity (Wildman–Crippen MR) is 93.1 cm³/mol. The highest BCUT2D eigenvalue weighted by atomic mass is 16.5. The second-order valence-corrected chi connectivity index (χ2v) is 5.89. The number of ketones is 1. The van der Waals surface area contributed by atoms with Crippen molar-refractivity contribution in [2.75, 3.05) is 14.2 Å². The van der Waals surface area contributed by atoms with Crippen molar-refractivity contribution in [3.63, 3.8) is 0 Å². The third kappa shape index (κ3) is 3.45. The second kappa shape index (κ2) is 6.69. The van der Waals surface area contributed by atoms with Crippen LogP contribution in [0.1, 0.15) is 29.8 Å². The zero-order valence-corrected chi connectivity index (χ0v) is 14.1. The summed E-state index contributed by atoms with van der Waals surface area (Å²) in [6, 6.07) is 14.7. The number of rotatable bonds is 6. The summed E-state index contributed by atoms with van der Waals surface area (Å²) in [4.78, 5) is 12.9. The first kappa shape index (κ1) is 16.8. The quantitative estimate of drug-likeness (QED) is 0.730. The van der Waals surface area contributed by atoms with E-state index in [1.165, 1.54) is 0 Å². The minimum absolute atomic E-state index is 0.0287. The van der Waals surface area contributed by atoms with Crippen LogP contribution in [0.25, 0.3) is 5.57 Å². The average molecular weight is 310 g/mol. The molecule has 120 valence electrons. The molecule has 2 aromatic rings. The fourth-order valence-electron chi connectivity index (χ4n) is 2.39. The molecule has 0 unspecified atom stereocenters. The van der Waals surface area contributed by atoms with Gasteiger partial charge in [-0.25, -0.2) is 0 Å². The van der Waals surface area contributed by atoms with Gasteiger partial charge in [0, 0.05) is 5.56 Å². The van der Waals surface area contributed by atoms with Crippen LogP contribution in [-0.4, -0.2) is 20.0 Å². The Morgan fingerprint density at radius 3 is 1.61 bits per heavy atom. The van der Waals surface area contributed by atoms with Crippen molar-refractivity contribution in [2.45, 2.75) is 13.8 Å². The van der Waals surface area contributed by atoms with Gasteiger partial charge in [0.25, 0.3) is 0 Å². The third-order valence-corrected chi connectivity index (χ3v) is 4.11.